The zero-order valence-corrected chi connectivity index (χ0v) is 16.2. The van der Waals surface area contributed by atoms with Crippen LogP contribution in [0.25, 0.3) is 0 Å². The van der Waals surface area contributed by atoms with E-state index < -0.39 is 41.7 Å². The van der Waals surface area contributed by atoms with E-state index in [2.05, 4.69) is 31.2 Å². The summed E-state index contributed by atoms with van der Waals surface area (Å²) in [6.07, 6.45) is -2.84. The van der Waals surface area contributed by atoms with Gasteiger partial charge in [-0.25, -0.2) is 14.4 Å². The van der Waals surface area contributed by atoms with Crippen molar-refractivity contribution in [3.8, 4) is 0 Å². The van der Waals surface area contributed by atoms with Gasteiger partial charge in [-0.1, -0.05) is 15.9 Å². The van der Waals surface area contributed by atoms with Crippen LogP contribution in [0.1, 0.15) is 22.3 Å². The number of hydrogen-bond donors (Lipinski definition) is 1. The maximum absolute atomic E-state index is 13.4. The highest BCUT2D eigenvalue weighted by Crippen LogP contribution is 2.63. The van der Waals surface area contributed by atoms with Gasteiger partial charge in [-0.05, 0) is 30.2 Å². The Kier molecular flexibility index (Phi) is 4.60. The smallest absolute Gasteiger partial charge is 0.328 e. The number of amides is 2. The topological polar surface area (TPSA) is 75.2 Å². The first-order valence-corrected chi connectivity index (χ1v) is 9.33. The maximum Gasteiger partial charge on any atom is 0.392 e. The fraction of sp³-hybridized carbons (Fsp3) is 0.333. The van der Waals surface area contributed by atoms with Gasteiger partial charge < -0.3 is 4.90 Å². The lowest BCUT2D eigenvalue weighted by atomic mass is 9.84. The van der Waals surface area contributed by atoms with E-state index in [-0.39, 0.29) is 24.5 Å². The molecule has 2 aromatic rings. The number of anilines is 1. The van der Waals surface area contributed by atoms with Crippen LogP contribution >= 0.6 is 15.9 Å². The van der Waals surface area contributed by atoms with Gasteiger partial charge in [0.05, 0.1) is 18.3 Å². The molecule has 152 valence electrons. The molecule has 1 aromatic carbocycles. The number of aromatic nitrogens is 2. The van der Waals surface area contributed by atoms with Gasteiger partial charge in [0.25, 0.3) is 5.91 Å². The van der Waals surface area contributed by atoms with E-state index in [1.807, 2.05) is 0 Å². The number of alkyl halides is 3. The predicted molar refractivity (Wildman–Crippen MR) is 96.5 cm³/mol. The molecule has 2 heterocycles. The lowest BCUT2D eigenvalue weighted by Crippen LogP contribution is -2.48. The Morgan fingerprint density at radius 3 is 2.62 bits per heavy atom. The van der Waals surface area contributed by atoms with E-state index >= 15 is 0 Å². The number of benzene rings is 1. The molecule has 2 aliphatic rings. The molecule has 11 heteroatoms. The second-order valence-electron chi connectivity index (χ2n) is 7.08. The standard InChI is InChI=1S/C18H13BrF4N4O2/c19-9-1-2-11-12(3-9)17(4-13(17)18(21,22)23)8-27(15(11)29)7-14(28)26-16-24-5-10(20)6-25-16/h1-3,5-6,13H,4,7-8H2,(H,24,25,26,28)/t13?,17-/m0/s1. The molecule has 2 amide bonds. The monoisotopic (exact) mass is 472 g/mol. The predicted octanol–water partition coefficient (Wildman–Crippen LogP) is 3.29. The molecular formula is C18H13BrF4N4O2. The van der Waals surface area contributed by atoms with Crippen molar-refractivity contribution >= 4 is 33.7 Å². The van der Waals surface area contributed by atoms with Crippen molar-refractivity contribution in [3.63, 3.8) is 0 Å². The first-order chi connectivity index (χ1) is 13.6. The van der Waals surface area contributed by atoms with Crippen LogP contribution in [0.5, 0.6) is 0 Å². The van der Waals surface area contributed by atoms with Crippen LogP contribution in [0.4, 0.5) is 23.5 Å². The molecule has 29 heavy (non-hydrogen) atoms. The fourth-order valence-electron chi connectivity index (χ4n) is 3.83. The van der Waals surface area contributed by atoms with E-state index in [1.165, 1.54) is 6.07 Å². The molecule has 1 aliphatic carbocycles. The molecule has 1 unspecified atom stereocenters. The molecule has 1 N–H and O–H groups in total. The van der Waals surface area contributed by atoms with Gasteiger partial charge in [-0.2, -0.15) is 13.2 Å². The molecule has 2 atom stereocenters. The van der Waals surface area contributed by atoms with Crippen LogP contribution in [-0.4, -0.2) is 45.9 Å². The van der Waals surface area contributed by atoms with Crippen molar-refractivity contribution in [1.29, 1.82) is 0 Å². The Morgan fingerprint density at radius 1 is 1.31 bits per heavy atom. The third-order valence-electron chi connectivity index (χ3n) is 5.19. The molecule has 1 saturated carbocycles. The van der Waals surface area contributed by atoms with Gasteiger partial charge in [0.15, 0.2) is 5.82 Å². The summed E-state index contributed by atoms with van der Waals surface area (Å²) in [5, 5.41) is 2.31. The van der Waals surface area contributed by atoms with Gasteiger partial charge in [-0.15, -0.1) is 0 Å². The minimum absolute atomic E-state index is 0.146. The molecule has 1 aliphatic heterocycles. The molecule has 0 saturated heterocycles. The van der Waals surface area contributed by atoms with E-state index in [4.69, 9.17) is 0 Å². The number of halogens is 5. The third-order valence-corrected chi connectivity index (χ3v) is 5.68. The highest BCUT2D eigenvalue weighted by Gasteiger charge is 2.69. The summed E-state index contributed by atoms with van der Waals surface area (Å²) < 4.78 is 53.7. The van der Waals surface area contributed by atoms with E-state index in [1.54, 1.807) is 12.1 Å². The largest absolute Gasteiger partial charge is 0.392 e. The number of fused-ring (bicyclic) bond motifs is 2. The number of hydrogen-bond acceptors (Lipinski definition) is 4. The van der Waals surface area contributed by atoms with Gasteiger partial charge in [0, 0.05) is 22.0 Å². The minimum Gasteiger partial charge on any atom is -0.328 e. The van der Waals surface area contributed by atoms with E-state index in [0.717, 1.165) is 17.3 Å². The van der Waals surface area contributed by atoms with Gasteiger partial charge in [-0.3, -0.25) is 14.9 Å². The van der Waals surface area contributed by atoms with Crippen LogP contribution in [0, 0.1) is 11.7 Å². The average Bonchev–Trinajstić information content (AvgIpc) is 3.37. The van der Waals surface area contributed by atoms with Crippen LogP contribution in [-0.2, 0) is 10.2 Å². The number of nitrogens with zero attached hydrogens (tertiary/aromatic N) is 3. The number of nitrogens with one attached hydrogen (secondary N) is 1. The Labute approximate surface area is 170 Å². The summed E-state index contributed by atoms with van der Waals surface area (Å²) in [5.41, 5.74) is -0.771. The first-order valence-electron chi connectivity index (χ1n) is 8.53. The summed E-state index contributed by atoms with van der Waals surface area (Å²) in [5.74, 6) is -3.65. The van der Waals surface area contributed by atoms with Crippen LogP contribution in [0.3, 0.4) is 0 Å². The lowest BCUT2D eigenvalue weighted by Gasteiger charge is -2.35. The number of rotatable bonds is 3. The van der Waals surface area contributed by atoms with Crippen LogP contribution < -0.4 is 5.32 Å². The quantitative estimate of drug-likeness (QED) is 0.695. The summed E-state index contributed by atoms with van der Waals surface area (Å²) in [6.45, 7) is -0.696. The molecule has 0 bridgehead atoms. The van der Waals surface area contributed by atoms with Crippen molar-refractivity contribution < 1.29 is 27.2 Å². The van der Waals surface area contributed by atoms with Crippen LogP contribution in [0.15, 0.2) is 35.1 Å². The molecular weight excluding hydrogens is 460 g/mol. The maximum atomic E-state index is 13.4. The molecule has 1 fully saturated rings. The molecule has 1 spiro atoms. The highest BCUT2D eigenvalue weighted by molar-refractivity contribution is 9.10. The zero-order chi connectivity index (χ0) is 21.0. The van der Waals surface area contributed by atoms with Gasteiger partial charge in [0.1, 0.15) is 6.54 Å². The van der Waals surface area contributed by atoms with Crippen molar-refractivity contribution in [2.45, 2.75) is 18.0 Å². The summed E-state index contributed by atoms with van der Waals surface area (Å²) >= 11 is 3.25. The van der Waals surface area contributed by atoms with Crippen LogP contribution in [0.2, 0.25) is 0 Å². The minimum atomic E-state index is -4.41. The summed E-state index contributed by atoms with van der Waals surface area (Å²) in [7, 11) is 0. The second-order valence-corrected chi connectivity index (χ2v) is 7.99. The van der Waals surface area contributed by atoms with Gasteiger partial charge in [0.2, 0.25) is 11.9 Å². The number of carbonyl (C=O) groups excluding carboxylic acids is 2. The van der Waals surface area contributed by atoms with Crippen molar-refractivity contribution in [1.82, 2.24) is 14.9 Å². The Balaban J connectivity index is 1.59. The first kappa shape index (κ1) is 19.7. The van der Waals surface area contributed by atoms with Crippen molar-refractivity contribution in [3.05, 3.63) is 52.0 Å². The zero-order valence-electron chi connectivity index (χ0n) is 14.6. The average molecular weight is 473 g/mol. The van der Waals surface area contributed by atoms with Crippen molar-refractivity contribution in [2.24, 2.45) is 5.92 Å². The Morgan fingerprint density at radius 2 is 2.00 bits per heavy atom. The van der Waals surface area contributed by atoms with Crippen molar-refractivity contribution in [2.75, 3.05) is 18.4 Å². The fourth-order valence-corrected chi connectivity index (χ4v) is 4.19. The molecule has 1 aromatic heterocycles. The second kappa shape index (κ2) is 6.75. The SMILES string of the molecule is O=C(CN1C[C@@]2(CC2C(F)(F)F)c2cc(Br)ccc2C1=O)Nc1ncc(F)cn1. The third kappa shape index (κ3) is 3.59. The van der Waals surface area contributed by atoms with Gasteiger partial charge >= 0.3 is 6.18 Å². The Hall–Kier alpha value is -2.56. The summed E-state index contributed by atoms with van der Waals surface area (Å²) in [6, 6.07) is 4.58. The molecule has 0 radical (unpaired) electrons. The highest BCUT2D eigenvalue weighted by atomic mass is 79.9. The molecule has 6 nitrogen and oxygen atoms in total. The number of carbonyl (C=O) groups is 2. The normalized spacial score (nSPS) is 23.1. The molecule has 4 rings (SSSR count). The summed E-state index contributed by atoms with van der Waals surface area (Å²) in [4.78, 5) is 33.3. The van der Waals surface area contributed by atoms with E-state index in [9.17, 15) is 27.2 Å². The van der Waals surface area contributed by atoms with E-state index in [0.29, 0.717) is 10.0 Å². The Bertz CT molecular complexity index is 998. The lowest BCUT2D eigenvalue weighted by molar-refractivity contribution is -0.153.